The predicted octanol–water partition coefficient (Wildman–Crippen LogP) is 4.06. The first-order valence-corrected chi connectivity index (χ1v) is 14.6. The Hall–Kier alpha value is -3.14. The summed E-state index contributed by atoms with van der Waals surface area (Å²) in [7, 11) is -3.50. The van der Waals surface area contributed by atoms with E-state index in [4.69, 9.17) is 0 Å². The smallest absolute Gasteiger partial charge is 0.175 e. The van der Waals surface area contributed by atoms with Gasteiger partial charge >= 0.3 is 0 Å². The number of sulfone groups is 1. The Kier molecular flexibility index (Phi) is 6.09. The van der Waals surface area contributed by atoms with Crippen molar-refractivity contribution < 1.29 is 12.8 Å². The number of hydrogen-bond acceptors (Lipinski definition) is 6. The van der Waals surface area contributed by atoms with Gasteiger partial charge in [-0.25, -0.2) is 22.8 Å². The highest BCUT2D eigenvalue weighted by atomic mass is 32.2. The van der Waals surface area contributed by atoms with Crippen LogP contribution in [0.5, 0.6) is 0 Å². The maximum Gasteiger partial charge on any atom is 0.175 e. The highest BCUT2D eigenvalue weighted by molar-refractivity contribution is 7.90. The van der Waals surface area contributed by atoms with Gasteiger partial charge in [0.1, 0.15) is 17.8 Å². The number of likely N-dealkylation sites (tertiary alicyclic amines) is 1. The molecular formula is C28H30FN5O2S. The minimum Gasteiger partial charge on any atom is -0.339 e. The topological polar surface area (TPSA) is 91.0 Å². The molecule has 2 N–H and O–H groups in total. The number of piperidine rings is 1. The van der Waals surface area contributed by atoms with Crippen LogP contribution in [0.2, 0.25) is 0 Å². The van der Waals surface area contributed by atoms with Crippen LogP contribution < -0.4 is 5.32 Å². The third-order valence-corrected chi connectivity index (χ3v) is 9.06. The van der Waals surface area contributed by atoms with Crippen LogP contribution in [-0.4, -0.2) is 67.2 Å². The fraction of sp³-hybridized carbons (Fsp3) is 0.357. The first-order chi connectivity index (χ1) is 17.8. The second-order valence-electron chi connectivity index (χ2n) is 10.5. The molecule has 2 aliphatic rings. The summed E-state index contributed by atoms with van der Waals surface area (Å²) in [5.41, 5.74) is 5.01. The Bertz CT molecular complexity index is 1550. The molecule has 4 heterocycles. The Labute approximate surface area is 216 Å². The van der Waals surface area contributed by atoms with Crippen LogP contribution in [0.3, 0.4) is 0 Å². The standard InChI is InChI=1S/C28H30FN5O2S/c1-37(35,36)21-6-7-22(24(29)14-21)26-23-15-25(33-27(23)32-18-31-26)20-4-2-19(3-5-20)8-11-34-12-9-28(10-13-34)16-30-17-28/h2-7,14-15,18,30H,8-13,16-17H2,1H3,(H,31,32,33). The summed E-state index contributed by atoms with van der Waals surface area (Å²) < 4.78 is 38.5. The van der Waals surface area contributed by atoms with Gasteiger partial charge in [-0.3, -0.25) is 0 Å². The van der Waals surface area contributed by atoms with Crippen molar-refractivity contribution in [3.63, 3.8) is 0 Å². The van der Waals surface area contributed by atoms with Gasteiger partial charge in [-0.15, -0.1) is 0 Å². The molecule has 2 fully saturated rings. The van der Waals surface area contributed by atoms with Crippen LogP contribution in [-0.2, 0) is 16.3 Å². The fourth-order valence-electron chi connectivity index (χ4n) is 5.45. The molecule has 1 spiro atoms. The quantitative estimate of drug-likeness (QED) is 0.399. The van der Waals surface area contributed by atoms with E-state index in [0.717, 1.165) is 36.5 Å². The SMILES string of the molecule is CS(=O)(=O)c1ccc(-c2ncnc3[nH]c(-c4ccc(CCN5CCC6(CC5)CNC6)cc4)cc23)c(F)c1. The Balaban J connectivity index is 1.18. The molecule has 2 aromatic heterocycles. The lowest BCUT2D eigenvalue weighted by atomic mass is 9.73. The van der Waals surface area contributed by atoms with Crippen LogP contribution >= 0.6 is 0 Å². The van der Waals surface area contributed by atoms with E-state index in [9.17, 15) is 12.8 Å². The first-order valence-electron chi connectivity index (χ1n) is 12.7. The molecule has 2 saturated heterocycles. The van der Waals surface area contributed by atoms with Crippen molar-refractivity contribution in [3.8, 4) is 22.5 Å². The van der Waals surface area contributed by atoms with E-state index in [2.05, 4.69) is 49.4 Å². The molecule has 192 valence electrons. The number of nitrogens with one attached hydrogen (secondary N) is 2. The zero-order chi connectivity index (χ0) is 25.6. The van der Waals surface area contributed by atoms with Gasteiger partial charge in [-0.2, -0.15) is 0 Å². The average molecular weight is 520 g/mol. The van der Waals surface area contributed by atoms with Crippen LogP contribution in [0, 0.1) is 11.2 Å². The predicted molar refractivity (Wildman–Crippen MR) is 143 cm³/mol. The minimum absolute atomic E-state index is 0.0613. The lowest BCUT2D eigenvalue weighted by molar-refractivity contribution is 0.0560. The van der Waals surface area contributed by atoms with Gasteiger partial charge in [0.25, 0.3) is 0 Å². The van der Waals surface area contributed by atoms with Gasteiger partial charge in [0.05, 0.1) is 10.6 Å². The molecule has 0 radical (unpaired) electrons. The number of rotatable bonds is 6. The van der Waals surface area contributed by atoms with Crippen molar-refractivity contribution in [1.29, 1.82) is 0 Å². The highest BCUT2D eigenvalue weighted by Gasteiger charge is 2.39. The van der Waals surface area contributed by atoms with Crippen molar-refractivity contribution in [2.75, 3.05) is 39.0 Å². The third kappa shape index (κ3) is 4.79. The summed E-state index contributed by atoms with van der Waals surface area (Å²) in [6, 6.07) is 14.3. The van der Waals surface area contributed by atoms with Gasteiger partial charge in [0, 0.05) is 42.5 Å². The summed E-state index contributed by atoms with van der Waals surface area (Å²) in [5, 5.41) is 4.10. The molecule has 2 aliphatic heterocycles. The monoisotopic (exact) mass is 519 g/mol. The molecule has 6 rings (SSSR count). The lowest BCUT2D eigenvalue weighted by Crippen LogP contribution is -2.58. The summed E-state index contributed by atoms with van der Waals surface area (Å²) in [6.07, 6.45) is 6.07. The van der Waals surface area contributed by atoms with Crippen molar-refractivity contribution in [3.05, 3.63) is 66.2 Å². The Morgan fingerprint density at radius 2 is 1.78 bits per heavy atom. The number of nitrogens with zero attached hydrogens (tertiary/aromatic N) is 3. The molecule has 0 saturated carbocycles. The maximum atomic E-state index is 14.9. The second-order valence-corrected chi connectivity index (χ2v) is 12.5. The van der Waals surface area contributed by atoms with Gasteiger partial charge < -0.3 is 15.2 Å². The normalized spacial score (nSPS) is 17.8. The zero-order valence-corrected chi connectivity index (χ0v) is 21.6. The number of H-pyrrole nitrogens is 1. The molecular weight excluding hydrogens is 489 g/mol. The van der Waals surface area contributed by atoms with Crippen molar-refractivity contribution in [1.82, 2.24) is 25.2 Å². The number of hydrogen-bond donors (Lipinski definition) is 2. The molecule has 0 aliphatic carbocycles. The van der Waals surface area contributed by atoms with E-state index in [1.165, 1.54) is 63.0 Å². The number of aromatic nitrogens is 3. The fourth-order valence-corrected chi connectivity index (χ4v) is 6.08. The summed E-state index contributed by atoms with van der Waals surface area (Å²) in [5.74, 6) is -0.636. The van der Waals surface area contributed by atoms with Gasteiger partial charge in [-0.1, -0.05) is 24.3 Å². The Morgan fingerprint density at radius 3 is 2.43 bits per heavy atom. The van der Waals surface area contributed by atoms with Crippen LogP contribution in [0.4, 0.5) is 4.39 Å². The second kappa shape index (κ2) is 9.31. The van der Waals surface area contributed by atoms with Crippen molar-refractivity contribution >= 4 is 20.9 Å². The summed E-state index contributed by atoms with van der Waals surface area (Å²) >= 11 is 0. The van der Waals surface area contributed by atoms with Crippen LogP contribution in [0.25, 0.3) is 33.5 Å². The van der Waals surface area contributed by atoms with Crippen molar-refractivity contribution in [2.45, 2.75) is 24.2 Å². The van der Waals surface area contributed by atoms with E-state index < -0.39 is 15.7 Å². The number of aromatic amines is 1. The van der Waals surface area contributed by atoms with E-state index >= 15 is 0 Å². The molecule has 9 heteroatoms. The molecule has 0 bridgehead atoms. The van der Waals surface area contributed by atoms with Gasteiger partial charge in [0.2, 0.25) is 0 Å². The van der Waals surface area contributed by atoms with Gasteiger partial charge in [-0.05, 0) is 73.2 Å². The number of halogens is 1. The molecule has 0 atom stereocenters. The molecule has 7 nitrogen and oxygen atoms in total. The number of benzene rings is 2. The molecule has 0 unspecified atom stereocenters. The van der Waals surface area contributed by atoms with E-state index in [1.54, 1.807) is 0 Å². The lowest BCUT2D eigenvalue weighted by Gasteiger charge is -2.48. The Morgan fingerprint density at radius 1 is 1.03 bits per heavy atom. The zero-order valence-electron chi connectivity index (χ0n) is 20.8. The first kappa shape index (κ1) is 24.2. The number of fused-ring (bicyclic) bond motifs is 1. The largest absolute Gasteiger partial charge is 0.339 e. The maximum absolute atomic E-state index is 14.9. The summed E-state index contributed by atoms with van der Waals surface area (Å²) in [6.45, 7) is 5.84. The van der Waals surface area contributed by atoms with E-state index in [0.29, 0.717) is 22.1 Å². The third-order valence-electron chi connectivity index (χ3n) is 7.95. The average Bonchev–Trinajstić information content (AvgIpc) is 3.31. The highest BCUT2D eigenvalue weighted by Crippen LogP contribution is 2.35. The molecule has 37 heavy (non-hydrogen) atoms. The minimum atomic E-state index is -3.50. The van der Waals surface area contributed by atoms with Crippen LogP contribution in [0.1, 0.15) is 18.4 Å². The van der Waals surface area contributed by atoms with Gasteiger partial charge in [0.15, 0.2) is 9.84 Å². The van der Waals surface area contributed by atoms with Crippen LogP contribution in [0.15, 0.2) is 59.8 Å². The van der Waals surface area contributed by atoms with E-state index in [-0.39, 0.29) is 10.5 Å². The molecule has 0 amide bonds. The van der Waals surface area contributed by atoms with E-state index in [1.807, 2.05) is 6.07 Å². The molecule has 4 aromatic rings. The van der Waals surface area contributed by atoms with Crippen molar-refractivity contribution in [2.24, 2.45) is 5.41 Å². The molecule has 2 aromatic carbocycles. The summed E-state index contributed by atoms with van der Waals surface area (Å²) in [4.78, 5) is 14.5.